The Labute approximate surface area is 313 Å². The molecule has 16 atom stereocenters. The molecular weight excluding hydrogens is 668 g/mol. The van der Waals surface area contributed by atoms with Gasteiger partial charge in [-0.1, -0.05) is 34.1 Å². The lowest BCUT2D eigenvalue weighted by Gasteiger charge is -2.48. The second-order valence-electron chi connectivity index (χ2n) is 17.7. The summed E-state index contributed by atoms with van der Waals surface area (Å²) in [5, 5.41) is 38.8. The average molecular weight is 741 g/mol. The van der Waals surface area contributed by atoms with Crippen molar-refractivity contribution < 1.29 is 48.5 Å². The number of amides is 1. The quantitative estimate of drug-likeness (QED) is 0.262. The first kappa shape index (κ1) is 43.4. The third-order valence-corrected chi connectivity index (χ3v) is 12.7. The van der Waals surface area contributed by atoms with E-state index in [9.17, 15) is 20.1 Å². The van der Waals surface area contributed by atoms with Crippen LogP contribution in [0.3, 0.4) is 0 Å². The summed E-state index contributed by atoms with van der Waals surface area (Å²) in [6.45, 7) is 23.4. The summed E-state index contributed by atoms with van der Waals surface area (Å²) in [4.78, 5) is 16.5. The lowest BCUT2D eigenvalue weighted by Crippen LogP contribution is -2.61. The first-order valence-electron chi connectivity index (χ1n) is 19.8. The predicted octanol–water partition coefficient (Wildman–Crippen LogP) is 4.66. The molecule has 302 valence electrons. The molecule has 4 heterocycles. The monoisotopic (exact) mass is 741 g/mol. The Kier molecular flexibility index (Phi) is 14.0. The highest BCUT2D eigenvalue weighted by atomic mass is 16.7. The number of aliphatic hydroxyl groups is 3. The van der Waals surface area contributed by atoms with Gasteiger partial charge in [0.1, 0.15) is 29.2 Å². The minimum absolute atomic E-state index is 0.149. The molecule has 0 aromatic rings. The van der Waals surface area contributed by atoms with Crippen molar-refractivity contribution in [3.8, 4) is 0 Å². The number of ether oxygens (including phenoxy) is 6. The van der Waals surface area contributed by atoms with Gasteiger partial charge in [-0.2, -0.15) is 0 Å². The highest BCUT2D eigenvalue weighted by Crippen LogP contribution is 2.47. The minimum Gasteiger partial charge on any atom is -0.489 e. The molecule has 0 radical (unpaired) electrons. The fraction of sp³-hybridized carbons (Fsp3) is 0.925. The predicted molar refractivity (Wildman–Crippen MR) is 198 cm³/mol. The fourth-order valence-electron chi connectivity index (χ4n) is 9.32. The van der Waals surface area contributed by atoms with Crippen molar-refractivity contribution in [2.75, 3.05) is 14.2 Å². The summed E-state index contributed by atoms with van der Waals surface area (Å²) in [6.07, 6.45) is -2.39. The summed E-state index contributed by atoms with van der Waals surface area (Å²) in [6, 6.07) is -0.762. The molecule has 0 saturated carbocycles. The molecule has 4 N–H and O–H groups in total. The van der Waals surface area contributed by atoms with E-state index in [1.54, 1.807) is 14.0 Å². The van der Waals surface area contributed by atoms with Crippen LogP contribution in [0.1, 0.15) is 122 Å². The Hall–Kier alpha value is -1.35. The number of fused-ring (bicyclic) bond motifs is 2. The van der Waals surface area contributed by atoms with E-state index in [4.69, 9.17) is 28.4 Å². The number of nitrogens with one attached hydrogen (secondary N) is 1. The van der Waals surface area contributed by atoms with E-state index in [-0.39, 0.29) is 30.2 Å². The zero-order valence-electron chi connectivity index (χ0n) is 34.5. The van der Waals surface area contributed by atoms with Crippen LogP contribution in [-0.4, -0.2) is 124 Å². The van der Waals surface area contributed by atoms with Gasteiger partial charge in [0.15, 0.2) is 12.6 Å². The third kappa shape index (κ3) is 9.02. The molecule has 4 rings (SSSR count). The number of hydrogen-bond acceptors (Lipinski definition) is 11. The number of aliphatic hydroxyl groups excluding tert-OH is 2. The van der Waals surface area contributed by atoms with Gasteiger partial charge in [-0.25, -0.2) is 0 Å². The second kappa shape index (κ2) is 16.8. The molecule has 4 aliphatic rings. The van der Waals surface area contributed by atoms with Crippen molar-refractivity contribution in [3.05, 3.63) is 11.3 Å². The molecule has 3 saturated heterocycles. The molecule has 4 aliphatic heterocycles. The summed E-state index contributed by atoms with van der Waals surface area (Å²) in [5.41, 5.74) is -2.25. The SMILES string of the molecule is CCCC1NC(=O)[C@H](C)[C@@H](OC2C[C@@](C)(OC)C[C@H](C)O2)[C@H](C)[C@@H](OC2O[C@H](C)C[C@H](N(C)C(C)C)[C@H]2O)[C@@]2(C)CC(C)=C(O2)[C@@H](C)[C@@H](O)[C@]1(C)O. The van der Waals surface area contributed by atoms with Gasteiger partial charge in [0.05, 0.1) is 42.0 Å². The largest absolute Gasteiger partial charge is 0.489 e. The van der Waals surface area contributed by atoms with E-state index < -0.39 is 77.6 Å². The van der Waals surface area contributed by atoms with Crippen molar-refractivity contribution in [2.24, 2.45) is 17.8 Å². The Balaban J connectivity index is 1.84. The first-order chi connectivity index (χ1) is 24.1. The molecule has 0 aromatic carbocycles. The van der Waals surface area contributed by atoms with Crippen molar-refractivity contribution in [2.45, 2.75) is 206 Å². The standard InChI is InChI=1S/C40H72N2O10/c1-15-16-29-40(12,46)34(44)25(7)32-22(4)18-39(11,52-32)35(51-37-31(43)28(17-23(5)49-37)42(13)21(2)3)26(8)33(27(9)36(45)41-29)50-30-20-38(10,47-14)19-24(6)48-30/h21,23-31,33-35,37,43-44,46H,15-20H2,1-14H3,(H,41,45)/t23-,24+,25-,26+,27-,28+,29?,30?,31-,33+,34-,35-,37?,38+,39-,40-/m1/s1. The van der Waals surface area contributed by atoms with E-state index in [1.807, 2.05) is 69.4 Å². The number of carbonyl (C=O) groups excluding carboxylic acids is 1. The smallest absolute Gasteiger partial charge is 0.225 e. The maximum Gasteiger partial charge on any atom is 0.225 e. The van der Waals surface area contributed by atoms with Crippen LogP contribution in [-0.2, 0) is 33.2 Å². The van der Waals surface area contributed by atoms with Gasteiger partial charge in [-0.3, -0.25) is 9.69 Å². The minimum atomic E-state index is -1.68. The van der Waals surface area contributed by atoms with E-state index >= 15 is 0 Å². The molecule has 2 bridgehead atoms. The van der Waals surface area contributed by atoms with Gasteiger partial charge in [-0.15, -0.1) is 0 Å². The summed E-state index contributed by atoms with van der Waals surface area (Å²) in [5.74, 6) is -1.60. The highest BCUT2D eigenvalue weighted by Gasteiger charge is 2.55. The van der Waals surface area contributed by atoms with E-state index in [2.05, 4.69) is 24.1 Å². The molecule has 12 nitrogen and oxygen atoms in total. The fourth-order valence-corrected chi connectivity index (χ4v) is 9.32. The number of carbonyl (C=O) groups is 1. The van der Waals surface area contributed by atoms with Crippen LogP contribution >= 0.6 is 0 Å². The molecule has 12 heteroatoms. The second-order valence-corrected chi connectivity index (χ2v) is 17.7. The molecule has 0 aromatic heterocycles. The van der Waals surface area contributed by atoms with Gasteiger partial charge in [0.2, 0.25) is 5.91 Å². The Morgan fingerprint density at radius 2 is 1.65 bits per heavy atom. The van der Waals surface area contributed by atoms with Crippen LogP contribution in [0.25, 0.3) is 0 Å². The average Bonchev–Trinajstić information content (AvgIpc) is 3.38. The van der Waals surface area contributed by atoms with Crippen LogP contribution in [0.2, 0.25) is 0 Å². The summed E-state index contributed by atoms with van der Waals surface area (Å²) >= 11 is 0. The Bertz CT molecular complexity index is 1250. The molecule has 3 unspecified atom stereocenters. The van der Waals surface area contributed by atoms with E-state index in [0.29, 0.717) is 44.3 Å². The first-order valence-corrected chi connectivity index (χ1v) is 19.8. The molecular formula is C40H72N2O10. The van der Waals surface area contributed by atoms with Crippen LogP contribution in [0.15, 0.2) is 11.3 Å². The van der Waals surface area contributed by atoms with E-state index in [1.165, 1.54) is 0 Å². The van der Waals surface area contributed by atoms with Crippen molar-refractivity contribution in [1.82, 2.24) is 10.2 Å². The number of likely N-dealkylation sites (N-methyl/N-ethyl adjacent to an activating group) is 1. The number of nitrogens with zero attached hydrogens (tertiary/aromatic N) is 1. The summed E-state index contributed by atoms with van der Waals surface area (Å²) < 4.78 is 39.5. The number of methoxy groups -OCH3 is 1. The Morgan fingerprint density at radius 1 is 1.00 bits per heavy atom. The van der Waals surface area contributed by atoms with Crippen LogP contribution in [0.4, 0.5) is 0 Å². The zero-order valence-corrected chi connectivity index (χ0v) is 34.5. The highest BCUT2D eigenvalue weighted by molar-refractivity contribution is 5.79. The Morgan fingerprint density at radius 3 is 2.25 bits per heavy atom. The van der Waals surface area contributed by atoms with Crippen molar-refractivity contribution in [1.29, 1.82) is 0 Å². The van der Waals surface area contributed by atoms with Crippen LogP contribution in [0.5, 0.6) is 0 Å². The van der Waals surface area contributed by atoms with Crippen LogP contribution < -0.4 is 5.32 Å². The molecule has 1 amide bonds. The lowest BCUT2D eigenvalue weighted by molar-refractivity contribution is -0.309. The van der Waals surface area contributed by atoms with E-state index in [0.717, 1.165) is 5.57 Å². The topological polar surface area (TPSA) is 148 Å². The molecule has 0 aliphatic carbocycles. The number of rotatable bonds is 9. The zero-order chi connectivity index (χ0) is 39.1. The van der Waals surface area contributed by atoms with Gasteiger partial charge in [0.25, 0.3) is 0 Å². The molecule has 52 heavy (non-hydrogen) atoms. The van der Waals surface area contributed by atoms with Gasteiger partial charge in [0, 0.05) is 50.3 Å². The molecule has 0 spiro atoms. The van der Waals surface area contributed by atoms with Crippen molar-refractivity contribution in [3.63, 3.8) is 0 Å². The van der Waals surface area contributed by atoms with Gasteiger partial charge >= 0.3 is 0 Å². The molecule has 3 fully saturated rings. The van der Waals surface area contributed by atoms with Crippen molar-refractivity contribution >= 4 is 5.91 Å². The maximum atomic E-state index is 14.4. The van der Waals surface area contributed by atoms with Gasteiger partial charge < -0.3 is 49.1 Å². The lowest BCUT2D eigenvalue weighted by atomic mass is 9.77. The normalized spacial score (nSPS) is 46.8. The van der Waals surface area contributed by atoms with Gasteiger partial charge in [-0.05, 0) is 80.9 Å². The summed E-state index contributed by atoms with van der Waals surface area (Å²) in [7, 11) is 3.70. The number of hydrogen-bond donors (Lipinski definition) is 4. The third-order valence-electron chi connectivity index (χ3n) is 12.7. The maximum absolute atomic E-state index is 14.4. The van der Waals surface area contributed by atoms with Crippen LogP contribution in [0, 0.1) is 17.8 Å².